The van der Waals surface area contributed by atoms with Gasteiger partial charge in [0.25, 0.3) is 0 Å². The van der Waals surface area contributed by atoms with Gasteiger partial charge in [0, 0.05) is 6.42 Å². The van der Waals surface area contributed by atoms with Gasteiger partial charge < -0.3 is 9.47 Å². The lowest BCUT2D eigenvalue weighted by molar-refractivity contribution is -0.143. The standard InChI is InChI=1S/C20H36O4/c1-7-18(14(4)21)23-16-11-10-15(12-16)13-17(22)19(8-2)24-20(5,6)9-3/h15-16,18-19H,7-13H2,1-6H3/t15?,16?,18-,19-/m1/s1. The quantitative estimate of drug-likeness (QED) is 0.556. The molecule has 4 heteroatoms. The molecule has 1 fully saturated rings. The van der Waals surface area contributed by atoms with Gasteiger partial charge in [0.2, 0.25) is 0 Å². The molecule has 0 N–H and O–H groups in total. The fourth-order valence-corrected chi connectivity index (χ4v) is 3.31. The smallest absolute Gasteiger partial charge is 0.161 e. The molecule has 4 atom stereocenters. The maximum atomic E-state index is 12.6. The van der Waals surface area contributed by atoms with Gasteiger partial charge in [-0.15, -0.1) is 0 Å². The Morgan fingerprint density at radius 1 is 1.08 bits per heavy atom. The van der Waals surface area contributed by atoms with Crippen LogP contribution in [0, 0.1) is 5.92 Å². The van der Waals surface area contributed by atoms with E-state index in [2.05, 4.69) is 6.92 Å². The lowest BCUT2D eigenvalue weighted by Crippen LogP contribution is -2.35. The topological polar surface area (TPSA) is 52.6 Å². The number of ether oxygens (including phenoxy) is 2. The van der Waals surface area contributed by atoms with Crippen molar-refractivity contribution in [2.24, 2.45) is 5.92 Å². The Balaban J connectivity index is 2.49. The lowest BCUT2D eigenvalue weighted by Gasteiger charge is -2.29. The zero-order valence-corrected chi connectivity index (χ0v) is 16.4. The molecule has 24 heavy (non-hydrogen) atoms. The van der Waals surface area contributed by atoms with Crippen LogP contribution in [0.25, 0.3) is 0 Å². The molecule has 0 aromatic rings. The van der Waals surface area contributed by atoms with Crippen LogP contribution in [0.4, 0.5) is 0 Å². The van der Waals surface area contributed by atoms with E-state index in [1.165, 1.54) is 0 Å². The molecule has 0 bridgehead atoms. The van der Waals surface area contributed by atoms with Gasteiger partial charge in [0.1, 0.15) is 12.2 Å². The summed E-state index contributed by atoms with van der Waals surface area (Å²) in [5, 5.41) is 0. The van der Waals surface area contributed by atoms with Crippen molar-refractivity contribution in [2.75, 3.05) is 0 Å². The van der Waals surface area contributed by atoms with E-state index in [0.29, 0.717) is 18.8 Å². The molecule has 0 aromatic heterocycles. The van der Waals surface area contributed by atoms with Crippen molar-refractivity contribution in [1.29, 1.82) is 0 Å². The lowest BCUT2D eigenvalue weighted by atomic mass is 9.96. The third-order valence-electron chi connectivity index (χ3n) is 5.21. The minimum absolute atomic E-state index is 0.0956. The number of ketones is 2. The van der Waals surface area contributed by atoms with Gasteiger partial charge in [0.05, 0.1) is 11.7 Å². The molecule has 1 rings (SSSR count). The number of carbonyl (C=O) groups is 2. The first-order valence-corrected chi connectivity index (χ1v) is 9.58. The van der Waals surface area contributed by atoms with Gasteiger partial charge in [-0.05, 0) is 65.2 Å². The molecule has 0 saturated heterocycles. The fraction of sp³-hybridized carbons (Fsp3) is 0.900. The van der Waals surface area contributed by atoms with E-state index in [9.17, 15) is 9.59 Å². The predicted molar refractivity (Wildman–Crippen MR) is 96.1 cm³/mol. The van der Waals surface area contributed by atoms with Crippen LogP contribution in [-0.2, 0) is 19.1 Å². The van der Waals surface area contributed by atoms with Gasteiger partial charge in [-0.2, -0.15) is 0 Å². The van der Waals surface area contributed by atoms with Gasteiger partial charge >= 0.3 is 0 Å². The maximum absolute atomic E-state index is 12.6. The summed E-state index contributed by atoms with van der Waals surface area (Å²) in [6.07, 6.45) is 5.23. The molecule has 1 aliphatic carbocycles. The molecule has 4 nitrogen and oxygen atoms in total. The Labute approximate surface area is 147 Å². The van der Waals surface area contributed by atoms with Crippen LogP contribution in [0.3, 0.4) is 0 Å². The van der Waals surface area contributed by atoms with Crippen LogP contribution in [0.1, 0.15) is 86.5 Å². The van der Waals surface area contributed by atoms with Crippen LogP contribution >= 0.6 is 0 Å². The number of hydrogen-bond acceptors (Lipinski definition) is 4. The third kappa shape index (κ3) is 6.64. The molecule has 140 valence electrons. The van der Waals surface area contributed by atoms with Crippen LogP contribution < -0.4 is 0 Å². The Kier molecular flexibility index (Phi) is 8.58. The van der Waals surface area contributed by atoms with E-state index in [-0.39, 0.29) is 35.5 Å². The van der Waals surface area contributed by atoms with Gasteiger partial charge in [-0.1, -0.05) is 20.8 Å². The van der Waals surface area contributed by atoms with Crippen LogP contribution in [0.2, 0.25) is 0 Å². The zero-order chi connectivity index (χ0) is 18.3. The molecule has 0 radical (unpaired) electrons. The highest BCUT2D eigenvalue weighted by Crippen LogP contribution is 2.32. The molecule has 0 amide bonds. The Hall–Kier alpha value is -0.740. The summed E-state index contributed by atoms with van der Waals surface area (Å²) in [7, 11) is 0. The van der Waals surface area contributed by atoms with Crippen molar-refractivity contribution >= 4 is 11.6 Å². The fourth-order valence-electron chi connectivity index (χ4n) is 3.31. The van der Waals surface area contributed by atoms with Crippen molar-refractivity contribution in [1.82, 2.24) is 0 Å². The van der Waals surface area contributed by atoms with E-state index in [1.807, 2.05) is 27.7 Å². The molecule has 2 unspecified atom stereocenters. The van der Waals surface area contributed by atoms with Crippen molar-refractivity contribution in [2.45, 2.75) is 110 Å². The van der Waals surface area contributed by atoms with Gasteiger partial charge in [-0.25, -0.2) is 0 Å². The second kappa shape index (κ2) is 9.67. The largest absolute Gasteiger partial charge is 0.367 e. The SMILES string of the molecule is CC[C@@H](OC1CCC(CC(=O)[C@@H](CC)OC(C)(C)CC)C1)C(C)=O. The summed E-state index contributed by atoms with van der Waals surface area (Å²) in [5.41, 5.74) is -0.256. The number of hydrogen-bond donors (Lipinski definition) is 0. The summed E-state index contributed by atoms with van der Waals surface area (Å²) in [6.45, 7) is 11.7. The molecule has 1 aliphatic rings. The molecule has 1 saturated carbocycles. The average molecular weight is 341 g/mol. The Morgan fingerprint density at radius 2 is 1.71 bits per heavy atom. The number of rotatable bonds is 11. The second-order valence-electron chi connectivity index (χ2n) is 7.74. The second-order valence-corrected chi connectivity index (χ2v) is 7.74. The summed E-state index contributed by atoms with van der Waals surface area (Å²) >= 11 is 0. The first-order valence-electron chi connectivity index (χ1n) is 9.58. The van der Waals surface area contributed by atoms with Crippen LogP contribution in [0.15, 0.2) is 0 Å². The minimum Gasteiger partial charge on any atom is -0.367 e. The van der Waals surface area contributed by atoms with Crippen LogP contribution in [-0.4, -0.2) is 35.5 Å². The van der Waals surface area contributed by atoms with E-state index in [4.69, 9.17) is 9.47 Å². The monoisotopic (exact) mass is 340 g/mol. The summed E-state index contributed by atoms with van der Waals surface area (Å²) in [6, 6.07) is 0. The third-order valence-corrected chi connectivity index (χ3v) is 5.21. The van der Waals surface area contributed by atoms with E-state index >= 15 is 0 Å². The van der Waals surface area contributed by atoms with Crippen molar-refractivity contribution in [3.05, 3.63) is 0 Å². The van der Waals surface area contributed by atoms with E-state index < -0.39 is 0 Å². The highest BCUT2D eigenvalue weighted by Gasteiger charge is 2.32. The van der Waals surface area contributed by atoms with Crippen molar-refractivity contribution in [3.63, 3.8) is 0 Å². The highest BCUT2D eigenvalue weighted by molar-refractivity contribution is 5.83. The average Bonchev–Trinajstić information content (AvgIpc) is 2.97. The first-order chi connectivity index (χ1) is 11.2. The Bertz CT molecular complexity index is 416. The van der Waals surface area contributed by atoms with Gasteiger partial charge in [0.15, 0.2) is 11.6 Å². The normalized spacial score (nSPS) is 23.9. The number of Topliss-reactive ketones (excluding diaryl/α,β-unsaturated/α-hetero) is 2. The van der Waals surface area contributed by atoms with Crippen molar-refractivity contribution in [3.8, 4) is 0 Å². The molecule has 0 heterocycles. The molecular weight excluding hydrogens is 304 g/mol. The molecular formula is C20H36O4. The van der Waals surface area contributed by atoms with Crippen molar-refractivity contribution < 1.29 is 19.1 Å². The predicted octanol–water partition coefficient (Wildman–Crippen LogP) is 4.48. The summed E-state index contributed by atoms with van der Waals surface area (Å²) < 4.78 is 11.9. The maximum Gasteiger partial charge on any atom is 0.161 e. The van der Waals surface area contributed by atoms with Crippen LogP contribution in [0.5, 0.6) is 0 Å². The Morgan fingerprint density at radius 3 is 2.21 bits per heavy atom. The summed E-state index contributed by atoms with van der Waals surface area (Å²) in [4.78, 5) is 24.1. The number of carbonyl (C=O) groups excluding carboxylic acids is 2. The van der Waals surface area contributed by atoms with E-state index in [0.717, 1.165) is 32.1 Å². The summed E-state index contributed by atoms with van der Waals surface area (Å²) in [5.74, 6) is 0.663. The zero-order valence-electron chi connectivity index (χ0n) is 16.4. The van der Waals surface area contributed by atoms with E-state index in [1.54, 1.807) is 6.92 Å². The first kappa shape index (κ1) is 21.3. The molecule has 0 spiro atoms. The minimum atomic E-state index is -0.305. The molecule has 0 aromatic carbocycles. The highest BCUT2D eigenvalue weighted by atomic mass is 16.5. The van der Waals surface area contributed by atoms with Gasteiger partial charge in [-0.3, -0.25) is 9.59 Å². The molecule has 0 aliphatic heterocycles.